The van der Waals surface area contributed by atoms with Crippen LogP contribution >= 0.6 is 22.7 Å². The smallest absolute Gasteiger partial charge is 0.228 e. The zero-order valence-electron chi connectivity index (χ0n) is 13.0. The number of carbonyl (C=O) groups is 2. The molecule has 0 N–H and O–H groups in total. The monoisotopic (exact) mass is 349 g/mol. The molecule has 1 aliphatic heterocycles. The molecule has 0 aliphatic carbocycles. The van der Waals surface area contributed by atoms with Crippen molar-refractivity contribution in [3.8, 4) is 0 Å². The second-order valence-corrected chi connectivity index (χ2v) is 7.93. The Balaban J connectivity index is 1.65. The normalized spacial score (nSPS) is 18.1. The highest BCUT2D eigenvalue weighted by molar-refractivity contribution is 7.12. The Labute approximate surface area is 143 Å². The van der Waals surface area contributed by atoms with Gasteiger partial charge in [0.15, 0.2) is 5.78 Å². The molecule has 0 saturated carbocycles. The lowest BCUT2D eigenvalue weighted by atomic mass is 10.1. The summed E-state index contributed by atoms with van der Waals surface area (Å²) in [6.45, 7) is 3.58. The van der Waals surface area contributed by atoms with Crippen molar-refractivity contribution in [3.63, 3.8) is 0 Å². The minimum Gasteiger partial charge on any atom is -0.377 e. The van der Waals surface area contributed by atoms with Crippen LogP contribution < -0.4 is 0 Å². The molecule has 1 amide bonds. The molecule has 0 radical (unpaired) electrons. The van der Waals surface area contributed by atoms with Gasteiger partial charge in [0.05, 0.1) is 30.6 Å². The Morgan fingerprint density at radius 2 is 2.22 bits per heavy atom. The standard InChI is InChI=1S/C17H19NO3S2/c1-12-4-5-14(23-12)10-17(20)18-6-7-21-11-13(18)9-15(19)16-3-2-8-22-16/h2-5,8,13H,6-7,9-11H2,1H3/t13-/m1/s1. The molecule has 0 bridgehead atoms. The van der Waals surface area contributed by atoms with Crippen molar-refractivity contribution in [2.45, 2.75) is 25.8 Å². The second-order valence-electron chi connectivity index (χ2n) is 5.61. The van der Waals surface area contributed by atoms with Gasteiger partial charge in [0.25, 0.3) is 0 Å². The van der Waals surface area contributed by atoms with Gasteiger partial charge in [-0.1, -0.05) is 6.07 Å². The van der Waals surface area contributed by atoms with Crippen molar-refractivity contribution in [2.75, 3.05) is 19.8 Å². The van der Waals surface area contributed by atoms with Crippen LogP contribution in [0.4, 0.5) is 0 Å². The Hall–Kier alpha value is -1.50. The molecule has 23 heavy (non-hydrogen) atoms. The first-order valence-corrected chi connectivity index (χ1v) is 9.32. The zero-order chi connectivity index (χ0) is 16.2. The van der Waals surface area contributed by atoms with Crippen LogP contribution in [0.3, 0.4) is 0 Å². The average molecular weight is 349 g/mol. The molecule has 6 heteroatoms. The lowest BCUT2D eigenvalue weighted by Gasteiger charge is -2.35. The summed E-state index contributed by atoms with van der Waals surface area (Å²) >= 11 is 3.09. The van der Waals surface area contributed by atoms with Gasteiger partial charge >= 0.3 is 0 Å². The van der Waals surface area contributed by atoms with Crippen LogP contribution in [0.2, 0.25) is 0 Å². The van der Waals surface area contributed by atoms with Crippen molar-refractivity contribution in [1.82, 2.24) is 4.90 Å². The first-order chi connectivity index (χ1) is 11.1. The van der Waals surface area contributed by atoms with E-state index in [1.54, 1.807) is 11.3 Å². The van der Waals surface area contributed by atoms with E-state index in [0.29, 0.717) is 32.6 Å². The van der Waals surface area contributed by atoms with E-state index in [1.807, 2.05) is 41.5 Å². The third-order valence-corrected chi connectivity index (χ3v) is 5.80. The van der Waals surface area contributed by atoms with Gasteiger partial charge in [0, 0.05) is 22.7 Å². The highest BCUT2D eigenvalue weighted by Crippen LogP contribution is 2.20. The molecule has 4 nitrogen and oxygen atoms in total. The molecule has 0 aromatic carbocycles. The van der Waals surface area contributed by atoms with Gasteiger partial charge in [0.1, 0.15) is 0 Å². The van der Waals surface area contributed by atoms with Crippen LogP contribution in [-0.2, 0) is 16.0 Å². The molecule has 3 rings (SSSR count). The molecule has 3 heterocycles. The van der Waals surface area contributed by atoms with Crippen molar-refractivity contribution >= 4 is 34.4 Å². The third-order valence-electron chi connectivity index (χ3n) is 3.89. The fourth-order valence-electron chi connectivity index (χ4n) is 2.73. The Morgan fingerprint density at radius 3 is 2.91 bits per heavy atom. The van der Waals surface area contributed by atoms with Gasteiger partial charge in [-0.3, -0.25) is 9.59 Å². The van der Waals surface area contributed by atoms with Gasteiger partial charge in [-0.25, -0.2) is 0 Å². The summed E-state index contributed by atoms with van der Waals surface area (Å²) in [6.07, 6.45) is 0.734. The number of rotatable bonds is 5. The molecule has 2 aromatic rings. The Kier molecular flexibility index (Phi) is 5.25. The number of hydrogen-bond donors (Lipinski definition) is 0. The van der Waals surface area contributed by atoms with Crippen LogP contribution in [0.5, 0.6) is 0 Å². The maximum atomic E-state index is 12.6. The van der Waals surface area contributed by atoms with Gasteiger partial charge < -0.3 is 9.64 Å². The minimum absolute atomic E-state index is 0.0825. The maximum Gasteiger partial charge on any atom is 0.228 e. The van der Waals surface area contributed by atoms with Crippen LogP contribution in [0, 0.1) is 6.92 Å². The molecule has 1 saturated heterocycles. The van der Waals surface area contributed by atoms with E-state index >= 15 is 0 Å². The molecule has 0 spiro atoms. The van der Waals surface area contributed by atoms with Crippen molar-refractivity contribution in [1.29, 1.82) is 0 Å². The van der Waals surface area contributed by atoms with Crippen molar-refractivity contribution in [2.24, 2.45) is 0 Å². The van der Waals surface area contributed by atoms with Crippen LogP contribution in [0.25, 0.3) is 0 Å². The molecule has 122 valence electrons. The first kappa shape index (κ1) is 16.4. The average Bonchev–Trinajstić information content (AvgIpc) is 3.19. The third kappa shape index (κ3) is 4.07. The van der Waals surface area contributed by atoms with E-state index < -0.39 is 0 Å². The van der Waals surface area contributed by atoms with Crippen LogP contribution in [-0.4, -0.2) is 42.4 Å². The largest absolute Gasteiger partial charge is 0.377 e. The Morgan fingerprint density at radius 1 is 1.35 bits per heavy atom. The van der Waals surface area contributed by atoms with Gasteiger partial charge in [-0.05, 0) is 30.5 Å². The number of nitrogens with zero attached hydrogens (tertiary/aromatic N) is 1. The maximum absolute atomic E-state index is 12.6. The second kappa shape index (κ2) is 7.38. The summed E-state index contributed by atoms with van der Waals surface area (Å²) in [5, 5.41) is 1.90. The number of morpholine rings is 1. The van der Waals surface area contributed by atoms with Crippen LogP contribution in [0.1, 0.15) is 25.8 Å². The quantitative estimate of drug-likeness (QED) is 0.779. The van der Waals surface area contributed by atoms with E-state index in [-0.39, 0.29) is 17.7 Å². The fraction of sp³-hybridized carbons (Fsp3) is 0.412. The molecule has 1 aliphatic rings. The topological polar surface area (TPSA) is 46.6 Å². The summed E-state index contributed by atoms with van der Waals surface area (Å²) in [5.41, 5.74) is 0. The summed E-state index contributed by atoms with van der Waals surface area (Å²) in [7, 11) is 0. The summed E-state index contributed by atoms with van der Waals surface area (Å²) in [6, 6.07) is 7.58. The van der Waals surface area contributed by atoms with Gasteiger partial charge in [0.2, 0.25) is 5.91 Å². The molecular weight excluding hydrogens is 330 g/mol. The number of ketones is 1. The SMILES string of the molecule is Cc1ccc(CC(=O)N2CCOC[C@H]2CC(=O)c2cccs2)s1. The molecule has 0 unspecified atom stereocenters. The highest BCUT2D eigenvalue weighted by atomic mass is 32.1. The highest BCUT2D eigenvalue weighted by Gasteiger charge is 2.29. The number of aryl methyl sites for hydroxylation is 1. The van der Waals surface area contributed by atoms with Crippen molar-refractivity contribution < 1.29 is 14.3 Å². The molecular formula is C17H19NO3S2. The van der Waals surface area contributed by atoms with E-state index in [9.17, 15) is 9.59 Å². The molecule has 1 atom stereocenters. The van der Waals surface area contributed by atoms with E-state index in [0.717, 1.165) is 9.75 Å². The van der Waals surface area contributed by atoms with Crippen LogP contribution in [0.15, 0.2) is 29.6 Å². The summed E-state index contributed by atoms with van der Waals surface area (Å²) in [5.74, 6) is 0.166. The number of hydrogen-bond acceptors (Lipinski definition) is 5. The van der Waals surface area contributed by atoms with E-state index in [4.69, 9.17) is 4.74 Å². The number of thiophene rings is 2. The fourth-order valence-corrected chi connectivity index (χ4v) is 4.29. The molecule has 2 aromatic heterocycles. The first-order valence-electron chi connectivity index (χ1n) is 7.62. The van der Waals surface area contributed by atoms with Gasteiger partial charge in [-0.2, -0.15) is 0 Å². The molecule has 1 fully saturated rings. The predicted octanol–water partition coefficient (Wildman–Crippen LogP) is 3.16. The Bertz CT molecular complexity index is 678. The summed E-state index contributed by atoms with van der Waals surface area (Å²) in [4.78, 5) is 29.8. The number of ether oxygens (including phenoxy) is 1. The number of amides is 1. The lowest BCUT2D eigenvalue weighted by molar-refractivity contribution is -0.138. The number of Topliss-reactive ketones (excluding diaryl/α,β-unsaturated/α-hetero) is 1. The zero-order valence-corrected chi connectivity index (χ0v) is 14.6. The van der Waals surface area contributed by atoms with Crippen molar-refractivity contribution in [3.05, 3.63) is 44.3 Å². The predicted molar refractivity (Wildman–Crippen MR) is 92.3 cm³/mol. The van der Waals surface area contributed by atoms with E-state index in [1.165, 1.54) is 16.2 Å². The minimum atomic E-state index is -0.160. The lowest BCUT2D eigenvalue weighted by Crippen LogP contribution is -2.50. The number of carbonyl (C=O) groups excluding carboxylic acids is 2. The van der Waals surface area contributed by atoms with E-state index in [2.05, 4.69) is 0 Å². The summed E-state index contributed by atoms with van der Waals surface area (Å²) < 4.78 is 5.49. The van der Waals surface area contributed by atoms with Gasteiger partial charge in [-0.15, -0.1) is 22.7 Å².